The minimum absolute atomic E-state index is 0.158. The van der Waals surface area contributed by atoms with Crippen molar-refractivity contribution in [3.05, 3.63) is 60.8 Å². The molecule has 1 aromatic carbocycles. The summed E-state index contributed by atoms with van der Waals surface area (Å²) in [6.07, 6.45) is 4.57. The fourth-order valence-corrected chi connectivity index (χ4v) is 4.53. The van der Waals surface area contributed by atoms with Crippen LogP contribution in [-0.2, 0) is 0 Å². The minimum Gasteiger partial charge on any atom is -0.494 e. The van der Waals surface area contributed by atoms with Crippen molar-refractivity contribution in [2.24, 2.45) is 0 Å². The summed E-state index contributed by atoms with van der Waals surface area (Å²) >= 11 is 0. The molecular formula is C26H30FN7O2. The van der Waals surface area contributed by atoms with Gasteiger partial charge in [-0.2, -0.15) is 0 Å². The molecule has 0 bridgehead atoms. The first-order chi connectivity index (χ1) is 17.3. The molecule has 0 aliphatic carbocycles. The smallest absolute Gasteiger partial charge is 0.228 e. The number of piperazine rings is 1. The molecule has 1 fully saturated rings. The SMILES string of the molecule is COc1cc(N2CCN(CC(C)(C)O)CC2)ccc1Nc1ncc(F)c(-c2cnc3ccccn23)n1. The van der Waals surface area contributed by atoms with Crippen LogP contribution in [0.3, 0.4) is 0 Å². The number of fused-ring (bicyclic) bond motifs is 1. The van der Waals surface area contributed by atoms with Crippen LogP contribution in [0, 0.1) is 5.82 Å². The van der Waals surface area contributed by atoms with E-state index in [4.69, 9.17) is 4.74 Å². The van der Waals surface area contributed by atoms with Crippen molar-refractivity contribution in [2.75, 3.05) is 50.1 Å². The Morgan fingerprint density at radius 3 is 2.64 bits per heavy atom. The maximum Gasteiger partial charge on any atom is 0.228 e. The molecule has 0 spiro atoms. The Morgan fingerprint density at radius 1 is 1.08 bits per heavy atom. The second-order valence-electron chi connectivity index (χ2n) is 9.55. The number of β-amino-alcohol motifs (C(OH)–C–C–N with tert-alkyl or cyclic N) is 1. The van der Waals surface area contributed by atoms with Gasteiger partial charge in [0.2, 0.25) is 5.95 Å². The van der Waals surface area contributed by atoms with Crippen LogP contribution in [0.25, 0.3) is 17.0 Å². The van der Waals surface area contributed by atoms with Crippen LogP contribution in [0.2, 0.25) is 0 Å². The van der Waals surface area contributed by atoms with E-state index in [2.05, 4.69) is 30.1 Å². The number of nitrogens with zero attached hydrogens (tertiary/aromatic N) is 6. The summed E-state index contributed by atoms with van der Waals surface area (Å²) in [6.45, 7) is 7.79. The summed E-state index contributed by atoms with van der Waals surface area (Å²) in [7, 11) is 1.61. The number of pyridine rings is 1. The Hall–Kier alpha value is -3.76. The second-order valence-corrected chi connectivity index (χ2v) is 9.55. The first kappa shape index (κ1) is 24.0. The highest BCUT2D eigenvalue weighted by Gasteiger charge is 2.23. The van der Waals surface area contributed by atoms with Crippen LogP contribution in [-0.4, -0.2) is 74.8 Å². The van der Waals surface area contributed by atoms with Gasteiger partial charge in [-0.3, -0.25) is 9.30 Å². The molecule has 4 heterocycles. The normalized spacial score (nSPS) is 14.9. The Balaban J connectivity index is 1.34. The third-order valence-electron chi connectivity index (χ3n) is 6.18. The lowest BCUT2D eigenvalue weighted by Gasteiger charge is -2.38. The molecule has 4 aromatic rings. The largest absolute Gasteiger partial charge is 0.494 e. The lowest BCUT2D eigenvalue weighted by molar-refractivity contribution is 0.0345. The van der Waals surface area contributed by atoms with Gasteiger partial charge in [0, 0.05) is 50.7 Å². The maximum absolute atomic E-state index is 14.7. The minimum atomic E-state index is -0.702. The molecule has 36 heavy (non-hydrogen) atoms. The monoisotopic (exact) mass is 491 g/mol. The van der Waals surface area contributed by atoms with Gasteiger partial charge in [0.05, 0.1) is 36.5 Å². The van der Waals surface area contributed by atoms with Crippen LogP contribution >= 0.6 is 0 Å². The highest BCUT2D eigenvalue weighted by Crippen LogP contribution is 2.32. The van der Waals surface area contributed by atoms with E-state index in [-0.39, 0.29) is 11.6 Å². The topological polar surface area (TPSA) is 91.0 Å². The van der Waals surface area contributed by atoms with Crippen LogP contribution in [0.5, 0.6) is 5.75 Å². The molecule has 188 valence electrons. The quantitative estimate of drug-likeness (QED) is 0.406. The number of aliphatic hydroxyl groups is 1. The number of aromatic nitrogens is 4. The van der Waals surface area contributed by atoms with Crippen LogP contribution < -0.4 is 15.0 Å². The fraction of sp³-hybridized carbons (Fsp3) is 0.346. The molecule has 0 unspecified atom stereocenters. The van der Waals surface area contributed by atoms with Gasteiger partial charge in [-0.05, 0) is 38.1 Å². The van der Waals surface area contributed by atoms with Gasteiger partial charge in [0.1, 0.15) is 17.1 Å². The van der Waals surface area contributed by atoms with Gasteiger partial charge in [-0.25, -0.2) is 19.3 Å². The van der Waals surface area contributed by atoms with Crippen molar-refractivity contribution in [2.45, 2.75) is 19.4 Å². The summed E-state index contributed by atoms with van der Waals surface area (Å²) in [5.41, 5.74) is 2.43. The Bertz CT molecular complexity index is 1360. The first-order valence-electron chi connectivity index (χ1n) is 11.9. The molecule has 0 atom stereocenters. The number of imidazole rings is 1. The number of ether oxygens (including phenoxy) is 1. The molecule has 5 rings (SSSR count). The average molecular weight is 492 g/mol. The third kappa shape index (κ3) is 5.09. The summed E-state index contributed by atoms with van der Waals surface area (Å²) in [5.74, 6) is 0.358. The van der Waals surface area contributed by atoms with E-state index in [1.807, 2.05) is 56.4 Å². The van der Waals surface area contributed by atoms with E-state index in [9.17, 15) is 9.50 Å². The van der Waals surface area contributed by atoms with Crippen LogP contribution in [0.15, 0.2) is 55.0 Å². The van der Waals surface area contributed by atoms with Crippen LogP contribution in [0.4, 0.5) is 21.7 Å². The zero-order chi connectivity index (χ0) is 25.3. The zero-order valence-corrected chi connectivity index (χ0v) is 20.6. The molecule has 1 saturated heterocycles. The highest BCUT2D eigenvalue weighted by molar-refractivity contribution is 5.69. The molecule has 0 saturated carbocycles. The van der Waals surface area contributed by atoms with E-state index < -0.39 is 11.4 Å². The van der Waals surface area contributed by atoms with E-state index in [1.165, 1.54) is 0 Å². The predicted molar refractivity (Wildman–Crippen MR) is 137 cm³/mol. The number of methoxy groups -OCH3 is 1. The van der Waals surface area contributed by atoms with Crippen molar-refractivity contribution < 1.29 is 14.2 Å². The molecular weight excluding hydrogens is 461 g/mol. The molecule has 3 aromatic heterocycles. The Morgan fingerprint density at radius 2 is 1.89 bits per heavy atom. The Labute approximate surface area is 209 Å². The summed E-state index contributed by atoms with van der Waals surface area (Å²) < 4.78 is 22.1. The Kier molecular flexibility index (Phi) is 6.46. The van der Waals surface area contributed by atoms with Crippen molar-refractivity contribution in [1.29, 1.82) is 0 Å². The summed E-state index contributed by atoms with van der Waals surface area (Å²) in [4.78, 5) is 17.5. The van der Waals surface area contributed by atoms with Gasteiger partial charge < -0.3 is 20.1 Å². The first-order valence-corrected chi connectivity index (χ1v) is 11.9. The standard InChI is InChI=1S/C26H30FN7O2/c1-26(2,35)17-32-10-12-33(13-11-32)18-7-8-20(22(14-18)36-3)30-25-29-15-19(27)24(31-25)21-16-28-23-6-4-5-9-34(21)23/h4-9,14-16,35H,10-13,17H2,1-3H3,(H,29,30,31). The van der Waals surface area contributed by atoms with Crippen molar-refractivity contribution in [3.63, 3.8) is 0 Å². The van der Waals surface area contributed by atoms with Gasteiger partial charge in [0.15, 0.2) is 5.82 Å². The van der Waals surface area contributed by atoms with Gasteiger partial charge in [-0.1, -0.05) is 6.07 Å². The number of hydrogen-bond acceptors (Lipinski definition) is 8. The highest BCUT2D eigenvalue weighted by atomic mass is 19.1. The predicted octanol–water partition coefficient (Wildman–Crippen LogP) is 3.58. The number of hydrogen-bond donors (Lipinski definition) is 2. The number of anilines is 3. The summed E-state index contributed by atoms with van der Waals surface area (Å²) in [6, 6.07) is 11.5. The van der Waals surface area contributed by atoms with Crippen molar-refractivity contribution in [3.8, 4) is 17.1 Å². The lowest BCUT2D eigenvalue weighted by atomic mass is 10.1. The van der Waals surface area contributed by atoms with Gasteiger partial charge in [-0.15, -0.1) is 0 Å². The van der Waals surface area contributed by atoms with Gasteiger partial charge in [0.25, 0.3) is 0 Å². The summed E-state index contributed by atoms with van der Waals surface area (Å²) in [5, 5.41) is 13.3. The van der Waals surface area contributed by atoms with E-state index >= 15 is 0 Å². The number of nitrogens with one attached hydrogen (secondary N) is 1. The number of halogens is 1. The second kappa shape index (κ2) is 9.71. The molecule has 1 aliphatic heterocycles. The zero-order valence-electron chi connectivity index (χ0n) is 20.6. The molecule has 10 heteroatoms. The molecule has 0 amide bonds. The van der Waals surface area contributed by atoms with E-state index in [1.54, 1.807) is 17.7 Å². The van der Waals surface area contributed by atoms with E-state index in [0.29, 0.717) is 29.3 Å². The molecule has 0 radical (unpaired) electrons. The average Bonchev–Trinajstić information content (AvgIpc) is 3.29. The van der Waals surface area contributed by atoms with Crippen LogP contribution in [0.1, 0.15) is 13.8 Å². The maximum atomic E-state index is 14.7. The molecule has 2 N–H and O–H groups in total. The van der Waals surface area contributed by atoms with Gasteiger partial charge >= 0.3 is 0 Å². The van der Waals surface area contributed by atoms with E-state index in [0.717, 1.165) is 38.1 Å². The third-order valence-corrected chi connectivity index (χ3v) is 6.18. The van der Waals surface area contributed by atoms with Crippen molar-refractivity contribution >= 4 is 23.0 Å². The molecule has 9 nitrogen and oxygen atoms in total. The number of rotatable bonds is 7. The number of benzene rings is 1. The van der Waals surface area contributed by atoms with Crippen molar-refractivity contribution in [1.82, 2.24) is 24.3 Å². The lowest BCUT2D eigenvalue weighted by Crippen LogP contribution is -2.50. The molecule has 1 aliphatic rings. The fourth-order valence-electron chi connectivity index (χ4n) is 4.53.